The molecule has 0 aromatic carbocycles. The molecule has 0 fully saturated rings. The summed E-state index contributed by atoms with van der Waals surface area (Å²) in [6.45, 7) is 2.55. The normalized spacial score (nSPS) is 10.1. The van der Waals surface area contributed by atoms with Crippen LogP contribution in [0, 0.1) is 0 Å². The van der Waals surface area contributed by atoms with Crippen LogP contribution in [0.5, 0.6) is 5.88 Å². The Hall–Kier alpha value is -2.04. The number of ether oxygens (including phenoxy) is 1. The quantitative estimate of drug-likeness (QED) is 0.852. The van der Waals surface area contributed by atoms with E-state index >= 15 is 0 Å². The van der Waals surface area contributed by atoms with Gasteiger partial charge < -0.3 is 10.1 Å². The molecule has 1 N–H and O–H groups in total. The molecular formula is C11H14N4O. The van der Waals surface area contributed by atoms with Gasteiger partial charge in [-0.05, 0) is 13.0 Å². The SMILES string of the molecule is CCOc1cccc(Nc2cnn(C)c2)n1. The van der Waals surface area contributed by atoms with Gasteiger partial charge in [-0.25, -0.2) is 0 Å². The Kier molecular flexibility index (Phi) is 3.05. The van der Waals surface area contributed by atoms with Crippen molar-refractivity contribution in [2.24, 2.45) is 7.05 Å². The van der Waals surface area contributed by atoms with Gasteiger partial charge in [0.1, 0.15) is 5.82 Å². The Bertz CT molecular complexity index is 467. The van der Waals surface area contributed by atoms with Gasteiger partial charge in [-0.15, -0.1) is 0 Å². The van der Waals surface area contributed by atoms with Gasteiger partial charge in [0.25, 0.3) is 0 Å². The van der Waals surface area contributed by atoms with Crippen molar-refractivity contribution in [2.45, 2.75) is 6.92 Å². The van der Waals surface area contributed by atoms with Crippen LogP contribution in [-0.2, 0) is 7.05 Å². The van der Waals surface area contributed by atoms with Crippen molar-refractivity contribution in [3.8, 4) is 5.88 Å². The lowest BCUT2D eigenvalue weighted by Crippen LogP contribution is -1.97. The molecule has 0 aliphatic carbocycles. The highest BCUT2D eigenvalue weighted by Gasteiger charge is 2.00. The topological polar surface area (TPSA) is 52.0 Å². The maximum Gasteiger partial charge on any atom is 0.215 e. The molecule has 0 saturated heterocycles. The van der Waals surface area contributed by atoms with Gasteiger partial charge in [0, 0.05) is 19.3 Å². The highest BCUT2D eigenvalue weighted by atomic mass is 16.5. The first-order valence-corrected chi connectivity index (χ1v) is 5.13. The van der Waals surface area contributed by atoms with E-state index in [1.165, 1.54) is 0 Å². The average molecular weight is 218 g/mol. The maximum absolute atomic E-state index is 5.32. The molecule has 0 atom stereocenters. The molecule has 2 heterocycles. The standard InChI is InChI=1S/C11H14N4O/c1-3-16-11-6-4-5-10(14-11)13-9-7-12-15(2)8-9/h4-8H,3H2,1-2H3,(H,13,14). The van der Waals surface area contributed by atoms with Crippen LogP contribution in [0.4, 0.5) is 11.5 Å². The van der Waals surface area contributed by atoms with Gasteiger partial charge in [0.2, 0.25) is 5.88 Å². The van der Waals surface area contributed by atoms with E-state index in [1.54, 1.807) is 10.9 Å². The van der Waals surface area contributed by atoms with Crippen molar-refractivity contribution < 1.29 is 4.74 Å². The third kappa shape index (κ3) is 2.50. The van der Waals surface area contributed by atoms with Crippen molar-refractivity contribution >= 4 is 11.5 Å². The second-order valence-electron chi connectivity index (χ2n) is 3.32. The van der Waals surface area contributed by atoms with E-state index in [1.807, 2.05) is 38.4 Å². The van der Waals surface area contributed by atoms with E-state index < -0.39 is 0 Å². The minimum atomic E-state index is 0.614. The number of hydrogen-bond acceptors (Lipinski definition) is 4. The largest absolute Gasteiger partial charge is 0.478 e. The number of aromatic nitrogens is 3. The number of nitrogens with zero attached hydrogens (tertiary/aromatic N) is 3. The monoisotopic (exact) mass is 218 g/mol. The summed E-state index contributed by atoms with van der Waals surface area (Å²) in [4.78, 5) is 4.30. The van der Waals surface area contributed by atoms with Crippen LogP contribution in [0.1, 0.15) is 6.92 Å². The predicted octanol–water partition coefficient (Wildman–Crippen LogP) is 1.96. The summed E-state index contributed by atoms with van der Waals surface area (Å²) < 4.78 is 7.05. The number of pyridine rings is 1. The summed E-state index contributed by atoms with van der Waals surface area (Å²) in [7, 11) is 1.87. The third-order valence-electron chi connectivity index (χ3n) is 1.99. The fraction of sp³-hybridized carbons (Fsp3) is 0.273. The molecule has 0 unspecified atom stereocenters. The number of aryl methyl sites for hydroxylation is 1. The molecule has 0 spiro atoms. The summed E-state index contributed by atoms with van der Waals surface area (Å²) in [6, 6.07) is 5.62. The fourth-order valence-electron chi connectivity index (χ4n) is 1.35. The van der Waals surface area contributed by atoms with Crippen LogP contribution >= 0.6 is 0 Å². The molecule has 0 saturated carbocycles. The van der Waals surface area contributed by atoms with Crippen LogP contribution in [0.15, 0.2) is 30.6 Å². The average Bonchev–Trinajstić information content (AvgIpc) is 2.65. The Morgan fingerprint density at radius 2 is 2.31 bits per heavy atom. The molecule has 0 amide bonds. The number of hydrogen-bond donors (Lipinski definition) is 1. The molecule has 5 nitrogen and oxygen atoms in total. The van der Waals surface area contributed by atoms with Gasteiger partial charge in [-0.2, -0.15) is 10.1 Å². The molecule has 2 aromatic rings. The minimum Gasteiger partial charge on any atom is -0.478 e. The Balaban J connectivity index is 2.12. The van der Waals surface area contributed by atoms with Crippen LogP contribution in [0.2, 0.25) is 0 Å². The molecule has 0 aliphatic rings. The Morgan fingerprint density at radius 1 is 1.44 bits per heavy atom. The molecule has 0 bridgehead atoms. The molecule has 0 aliphatic heterocycles. The zero-order valence-corrected chi connectivity index (χ0v) is 9.34. The van der Waals surface area contributed by atoms with E-state index in [2.05, 4.69) is 15.4 Å². The first-order chi connectivity index (χ1) is 7.78. The lowest BCUT2D eigenvalue weighted by Gasteiger charge is -2.05. The van der Waals surface area contributed by atoms with Gasteiger partial charge in [0.05, 0.1) is 18.5 Å². The Labute approximate surface area is 94.1 Å². The van der Waals surface area contributed by atoms with Crippen molar-refractivity contribution in [2.75, 3.05) is 11.9 Å². The fourth-order valence-corrected chi connectivity index (χ4v) is 1.35. The number of rotatable bonds is 4. The molecular weight excluding hydrogens is 204 g/mol. The van der Waals surface area contributed by atoms with Crippen molar-refractivity contribution in [3.05, 3.63) is 30.6 Å². The van der Waals surface area contributed by atoms with Crippen LogP contribution in [0.25, 0.3) is 0 Å². The minimum absolute atomic E-state index is 0.614. The van der Waals surface area contributed by atoms with E-state index in [0.717, 1.165) is 11.5 Å². The number of nitrogens with one attached hydrogen (secondary N) is 1. The molecule has 2 aromatic heterocycles. The van der Waals surface area contributed by atoms with Crippen molar-refractivity contribution in [3.63, 3.8) is 0 Å². The lowest BCUT2D eigenvalue weighted by atomic mass is 10.4. The van der Waals surface area contributed by atoms with Gasteiger partial charge in [0.15, 0.2) is 0 Å². The van der Waals surface area contributed by atoms with Crippen LogP contribution in [0.3, 0.4) is 0 Å². The summed E-state index contributed by atoms with van der Waals surface area (Å²) in [6.07, 6.45) is 3.63. The van der Waals surface area contributed by atoms with Gasteiger partial charge in [-0.3, -0.25) is 4.68 Å². The lowest BCUT2D eigenvalue weighted by molar-refractivity contribution is 0.327. The molecule has 16 heavy (non-hydrogen) atoms. The number of anilines is 2. The summed E-state index contributed by atoms with van der Waals surface area (Å²) in [5.41, 5.74) is 0.906. The van der Waals surface area contributed by atoms with Crippen LogP contribution < -0.4 is 10.1 Å². The van der Waals surface area contributed by atoms with Gasteiger partial charge in [-0.1, -0.05) is 6.07 Å². The zero-order valence-electron chi connectivity index (χ0n) is 9.34. The van der Waals surface area contributed by atoms with E-state index in [4.69, 9.17) is 4.74 Å². The highest BCUT2D eigenvalue weighted by Crippen LogP contribution is 2.16. The van der Waals surface area contributed by atoms with Crippen molar-refractivity contribution in [1.82, 2.24) is 14.8 Å². The summed E-state index contributed by atoms with van der Waals surface area (Å²) in [5, 5.41) is 7.22. The molecule has 5 heteroatoms. The first kappa shape index (κ1) is 10.5. The smallest absolute Gasteiger partial charge is 0.215 e. The predicted molar refractivity (Wildman–Crippen MR) is 61.9 cm³/mol. The molecule has 84 valence electrons. The van der Waals surface area contributed by atoms with E-state index in [-0.39, 0.29) is 0 Å². The van der Waals surface area contributed by atoms with Crippen molar-refractivity contribution in [1.29, 1.82) is 0 Å². The summed E-state index contributed by atoms with van der Waals surface area (Å²) in [5.74, 6) is 1.37. The second kappa shape index (κ2) is 4.65. The van der Waals surface area contributed by atoms with E-state index in [0.29, 0.717) is 12.5 Å². The first-order valence-electron chi connectivity index (χ1n) is 5.13. The molecule has 2 rings (SSSR count). The Morgan fingerprint density at radius 3 is 3.00 bits per heavy atom. The third-order valence-corrected chi connectivity index (χ3v) is 1.99. The van der Waals surface area contributed by atoms with Gasteiger partial charge >= 0.3 is 0 Å². The molecule has 0 radical (unpaired) electrons. The highest BCUT2D eigenvalue weighted by molar-refractivity contribution is 5.54. The zero-order chi connectivity index (χ0) is 11.4. The maximum atomic E-state index is 5.32. The van der Waals surface area contributed by atoms with Crippen LogP contribution in [-0.4, -0.2) is 21.4 Å². The summed E-state index contributed by atoms with van der Waals surface area (Å²) >= 11 is 0. The van der Waals surface area contributed by atoms with E-state index in [9.17, 15) is 0 Å². The second-order valence-corrected chi connectivity index (χ2v) is 3.32.